The molecule has 0 radical (unpaired) electrons. The molecule has 2 amide bonds. The van der Waals surface area contributed by atoms with E-state index in [4.69, 9.17) is 33.2 Å². The van der Waals surface area contributed by atoms with Gasteiger partial charge in [0.15, 0.2) is 30.7 Å². The van der Waals surface area contributed by atoms with Crippen LogP contribution in [0, 0.1) is 0 Å². The highest BCUT2D eigenvalue weighted by Crippen LogP contribution is 2.31. The molecule has 3 aliphatic rings. The predicted molar refractivity (Wildman–Crippen MR) is 192 cm³/mol. The minimum atomic E-state index is -2.07. The topological polar surface area (TPSA) is 348 Å². The first-order chi connectivity index (χ1) is 27.0. The number of carboxylic acids is 1. The van der Waals surface area contributed by atoms with E-state index in [9.17, 15) is 64.8 Å². The van der Waals surface area contributed by atoms with Crippen molar-refractivity contribution in [1.82, 2.24) is 10.6 Å². The monoisotopic (exact) mass is 841 g/mol. The fourth-order valence-corrected chi connectivity index (χ4v) is 7.17. The smallest absolute Gasteiger partial charge is 0.335 e. The van der Waals surface area contributed by atoms with E-state index >= 15 is 0 Å². The highest BCUT2D eigenvalue weighted by molar-refractivity contribution is 7.99. The van der Waals surface area contributed by atoms with E-state index in [-0.39, 0.29) is 24.7 Å². The minimum absolute atomic E-state index is 0.00259. The van der Waals surface area contributed by atoms with Gasteiger partial charge in [-0.3, -0.25) is 19.2 Å². The molecular weight excluding hydrogens is 790 g/mol. The third kappa shape index (κ3) is 11.4. The Morgan fingerprint density at radius 1 is 0.754 bits per heavy atom. The van der Waals surface area contributed by atoms with Crippen LogP contribution < -0.4 is 31.5 Å². The summed E-state index contributed by atoms with van der Waals surface area (Å²) < 4.78 is 39.7. The summed E-state index contributed by atoms with van der Waals surface area (Å²) in [5, 5.41) is 91.0. The van der Waals surface area contributed by atoms with Crippen LogP contribution in [0.25, 0.3) is 0 Å². The summed E-state index contributed by atoms with van der Waals surface area (Å²) in [6.45, 7) is 3.13. The van der Waals surface area contributed by atoms with Crippen molar-refractivity contribution in [3.05, 3.63) is 20.4 Å². The number of aliphatic hydroxyl groups excluding tert-OH is 7. The molecule has 11 N–H and O–H groups in total. The van der Waals surface area contributed by atoms with Crippen LogP contribution in [0.2, 0.25) is 0 Å². The molecule has 23 nitrogen and oxygen atoms in total. The molecule has 57 heavy (non-hydrogen) atoms. The quantitative estimate of drug-likeness (QED) is 0.0430. The summed E-state index contributed by atoms with van der Waals surface area (Å²) in [6, 6.07) is -2.76. The van der Waals surface area contributed by atoms with Gasteiger partial charge < -0.3 is 90.0 Å². The Bertz CT molecular complexity index is 1560. The number of anilines is 1. The summed E-state index contributed by atoms with van der Waals surface area (Å²) in [5.74, 6) is -1.96. The molecule has 0 saturated carbocycles. The first-order valence-electron chi connectivity index (χ1n) is 18.1. The molecule has 0 spiro atoms. The van der Waals surface area contributed by atoms with Gasteiger partial charge >= 0.3 is 5.97 Å². The van der Waals surface area contributed by atoms with Crippen LogP contribution in [0.1, 0.15) is 27.2 Å². The molecule has 1 aromatic carbocycles. The first kappa shape index (κ1) is 46.6. The van der Waals surface area contributed by atoms with E-state index in [2.05, 4.69) is 16.0 Å². The molecule has 15 atom stereocenters. The average Bonchev–Trinajstić information content (AvgIpc) is 3.16. The molecule has 324 valence electrons. The second-order valence-corrected chi connectivity index (χ2v) is 14.6. The van der Waals surface area contributed by atoms with Gasteiger partial charge in [0.1, 0.15) is 72.7 Å². The van der Waals surface area contributed by atoms with Gasteiger partial charge in [0.05, 0.1) is 26.4 Å². The number of nitrogens with one attached hydrogen (secondary N) is 3. The van der Waals surface area contributed by atoms with Crippen LogP contribution in [0.3, 0.4) is 0 Å². The number of carboxylic acid groups (broad SMARTS) is 1. The Balaban J connectivity index is 1.48. The number of rotatable bonds is 20. The van der Waals surface area contributed by atoms with Gasteiger partial charge in [0.25, 0.3) is 10.9 Å². The van der Waals surface area contributed by atoms with Gasteiger partial charge in [-0.15, -0.1) is 0 Å². The second-order valence-electron chi connectivity index (χ2n) is 13.4. The van der Waals surface area contributed by atoms with E-state index in [1.807, 2.05) is 0 Å². The molecule has 3 saturated heterocycles. The van der Waals surface area contributed by atoms with Gasteiger partial charge in [0.2, 0.25) is 11.8 Å². The number of aliphatic hydroxyl groups is 7. The lowest BCUT2D eigenvalue weighted by Gasteiger charge is -2.48. The Kier molecular flexibility index (Phi) is 17.4. The normalized spacial score (nSPS) is 35.7. The lowest BCUT2D eigenvalue weighted by molar-refractivity contribution is -0.345. The largest absolute Gasteiger partial charge is 0.488 e. The Morgan fingerprint density at radius 3 is 2.04 bits per heavy atom. The van der Waals surface area contributed by atoms with Crippen LogP contribution in [0.15, 0.2) is 9.59 Å². The van der Waals surface area contributed by atoms with E-state index in [0.29, 0.717) is 24.5 Å². The maximum absolute atomic E-state index is 12.4. The lowest BCUT2D eigenvalue weighted by Crippen LogP contribution is -2.69. The first-order valence-corrected chi connectivity index (χ1v) is 19.3. The molecule has 0 unspecified atom stereocenters. The molecule has 24 heteroatoms. The Labute approximate surface area is 329 Å². The Hall–Kier alpha value is -3.08. The van der Waals surface area contributed by atoms with Gasteiger partial charge in [-0.25, -0.2) is 4.79 Å². The summed E-state index contributed by atoms with van der Waals surface area (Å²) in [7, 11) is 0. The number of aliphatic carboxylic acids is 1. The number of amides is 2. The van der Waals surface area contributed by atoms with Crippen LogP contribution in [-0.2, 0) is 42.8 Å². The molecule has 3 aliphatic heterocycles. The predicted octanol–water partition coefficient (Wildman–Crippen LogP) is -5.94. The highest BCUT2D eigenvalue weighted by atomic mass is 32.2. The highest BCUT2D eigenvalue weighted by Gasteiger charge is 2.54. The molecule has 1 aromatic rings. The summed E-state index contributed by atoms with van der Waals surface area (Å²) >= 11 is 1.47. The van der Waals surface area contributed by atoms with E-state index in [1.165, 1.54) is 11.8 Å². The van der Waals surface area contributed by atoms with Gasteiger partial charge in [-0.2, -0.15) is 11.8 Å². The van der Waals surface area contributed by atoms with Crippen molar-refractivity contribution < 1.29 is 88.4 Å². The SMILES string of the molecule is CCOc1c(NCCSCCCO[C@@H]2O[C@H](CO[C@@H]3O[C@H](CO)[C@@H](O)[C@H](O)[C@H]3NC(C)=O)[C@@H](O)[C@H](O[C@@H]3O[C@H](C(=O)O)[C@@H](O)[C@H](O)[C@H]3O)[C@H]2NC(C)=O)c(=O)c1=O. The van der Waals surface area contributed by atoms with Crippen molar-refractivity contribution in [2.24, 2.45) is 0 Å². The van der Waals surface area contributed by atoms with Gasteiger partial charge in [-0.1, -0.05) is 0 Å². The van der Waals surface area contributed by atoms with Crippen LogP contribution in [0.4, 0.5) is 5.69 Å². The third-order valence-corrected chi connectivity index (χ3v) is 10.3. The molecular formula is C33H51N3O20S. The zero-order chi connectivity index (χ0) is 42.1. The molecule has 0 bridgehead atoms. The fraction of sp³-hybridized carbons (Fsp3) is 0.788. The number of carbonyl (C=O) groups is 3. The van der Waals surface area contributed by atoms with Crippen molar-refractivity contribution >= 4 is 35.2 Å². The number of ether oxygens (including phenoxy) is 7. The number of hydrogen-bond donors (Lipinski definition) is 11. The van der Waals surface area contributed by atoms with Crippen molar-refractivity contribution in [1.29, 1.82) is 0 Å². The van der Waals surface area contributed by atoms with E-state index in [1.54, 1.807) is 6.92 Å². The van der Waals surface area contributed by atoms with Crippen molar-refractivity contribution in [3.8, 4) is 5.75 Å². The number of carbonyl (C=O) groups excluding carboxylic acids is 2. The lowest BCUT2D eigenvalue weighted by atomic mass is 9.95. The average molecular weight is 842 g/mol. The second kappa shape index (κ2) is 21.3. The summed E-state index contributed by atoms with van der Waals surface area (Å²) in [4.78, 5) is 59.6. The summed E-state index contributed by atoms with van der Waals surface area (Å²) in [5.41, 5.74) is -1.21. The zero-order valence-corrected chi connectivity index (χ0v) is 32.0. The Morgan fingerprint density at radius 2 is 1.40 bits per heavy atom. The minimum Gasteiger partial charge on any atom is -0.488 e. The van der Waals surface area contributed by atoms with Crippen molar-refractivity contribution in [3.63, 3.8) is 0 Å². The molecule has 3 fully saturated rings. The number of thioether (sulfide) groups is 1. The van der Waals surface area contributed by atoms with Crippen LogP contribution in [0.5, 0.6) is 5.75 Å². The van der Waals surface area contributed by atoms with E-state index in [0.717, 1.165) is 13.8 Å². The third-order valence-electron chi connectivity index (χ3n) is 9.24. The zero-order valence-electron chi connectivity index (χ0n) is 31.2. The standard InChI is InChI=1S/C33H51N3O20S/c1-4-50-27-16(21(42)24(27)45)34-6-9-57-8-5-7-51-32-18(36-13(3)39)28(55-33-26(47)23(44)25(46)29(56-33)30(48)49)20(41)15(54-32)11-52-31-17(35-12(2)38)22(43)19(40)14(10-37)53-31/h14-15,17-20,22-23,25-26,28-29,31-34,37,40-41,43-44,46-47H,4-11H2,1-3H3,(H,35,38)(H,36,39)(H,48,49)/t14-,15-,17-,18-,19-,20-,22-,23+,25+,26-,28-,29+,31-,32-,33-/m1/s1. The van der Waals surface area contributed by atoms with E-state index < -0.39 is 134 Å². The van der Waals surface area contributed by atoms with Crippen molar-refractivity contribution in [2.45, 2.75) is 119 Å². The molecule has 0 aromatic heterocycles. The number of hydrogen-bond acceptors (Lipinski definition) is 21. The summed E-state index contributed by atoms with van der Waals surface area (Å²) in [6.07, 6.45) is -22.4. The molecule has 3 heterocycles. The van der Waals surface area contributed by atoms with Crippen LogP contribution >= 0.6 is 11.8 Å². The van der Waals surface area contributed by atoms with Crippen LogP contribution in [-0.4, -0.2) is 195 Å². The fourth-order valence-electron chi connectivity index (χ4n) is 6.39. The molecule has 4 rings (SSSR count). The molecule has 0 aliphatic carbocycles. The van der Waals surface area contributed by atoms with Gasteiger partial charge in [0, 0.05) is 26.1 Å². The van der Waals surface area contributed by atoms with Crippen molar-refractivity contribution in [2.75, 3.05) is 49.8 Å². The maximum Gasteiger partial charge on any atom is 0.335 e. The maximum atomic E-state index is 12.4. The van der Waals surface area contributed by atoms with Gasteiger partial charge in [-0.05, 0) is 19.1 Å².